The number of anilines is 1. The summed E-state index contributed by atoms with van der Waals surface area (Å²) < 4.78 is 5.92. The van der Waals surface area contributed by atoms with Crippen LogP contribution in [0.4, 0.5) is 5.82 Å². The standard InChI is InChI=1S/C27H23N5O2/c28-24(18-7-3-1-4-8-18)17-34-22-13-21(15-29-16-22)20-11-12-25-23(14-20)26(32-31-25)30-27(33)19-9-5-2-6-10-19/h1-16,24H,17,28H2,(H2,30,31,32,33)/t24-/m0/s1. The molecule has 0 radical (unpaired) electrons. The van der Waals surface area contributed by atoms with Gasteiger partial charge >= 0.3 is 0 Å². The molecule has 7 heteroatoms. The van der Waals surface area contributed by atoms with Crippen molar-refractivity contribution in [3.63, 3.8) is 0 Å². The second kappa shape index (κ2) is 9.56. The predicted molar refractivity (Wildman–Crippen MR) is 133 cm³/mol. The predicted octanol–water partition coefficient (Wildman–Crippen LogP) is 4.96. The molecule has 0 bridgehead atoms. The van der Waals surface area contributed by atoms with Crippen LogP contribution in [0.5, 0.6) is 5.75 Å². The monoisotopic (exact) mass is 449 g/mol. The molecule has 3 aromatic carbocycles. The molecule has 2 heterocycles. The van der Waals surface area contributed by atoms with E-state index in [4.69, 9.17) is 10.5 Å². The van der Waals surface area contributed by atoms with Gasteiger partial charge < -0.3 is 15.8 Å². The van der Waals surface area contributed by atoms with Gasteiger partial charge in [-0.1, -0.05) is 54.6 Å². The molecular weight excluding hydrogens is 426 g/mol. The Morgan fingerprint density at radius 3 is 2.50 bits per heavy atom. The summed E-state index contributed by atoms with van der Waals surface area (Å²) in [6.07, 6.45) is 3.44. The van der Waals surface area contributed by atoms with Crippen LogP contribution in [0, 0.1) is 0 Å². The number of aromatic nitrogens is 3. The van der Waals surface area contributed by atoms with Crippen molar-refractivity contribution in [3.8, 4) is 16.9 Å². The average molecular weight is 450 g/mol. The number of hydrogen-bond donors (Lipinski definition) is 3. The van der Waals surface area contributed by atoms with Gasteiger partial charge in [-0.2, -0.15) is 5.10 Å². The molecule has 168 valence electrons. The van der Waals surface area contributed by atoms with Crippen molar-refractivity contribution in [2.75, 3.05) is 11.9 Å². The highest BCUT2D eigenvalue weighted by atomic mass is 16.5. The van der Waals surface area contributed by atoms with Crippen LogP contribution in [0.25, 0.3) is 22.0 Å². The number of nitrogens with zero attached hydrogens (tertiary/aromatic N) is 2. The van der Waals surface area contributed by atoms with E-state index < -0.39 is 0 Å². The Morgan fingerprint density at radius 1 is 0.941 bits per heavy atom. The lowest BCUT2D eigenvalue weighted by molar-refractivity contribution is 0.102. The van der Waals surface area contributed by atoms with Crippen LogP contribution in [0.1, 0.15) is 22.0 Å². The van der Waals surface area contributed by atoms with Gasteiger partial charge in [-0.3, -0.25) is 14.9 Å². The van der Waals surface area contributed by atoms with Gasteiger partial charge in [0.25, 0.3) is 5.91 Å². The maximum atomic E-state index is 12.6. The van der Waals surface area contributed by atoms with Crippen molar-refractivity contribution < 1.29 is 9.53 Å². The molecule has 2 aromatic heterocycles. The Balaban J connectivity index is 1.35. The number of carbonyl (C=O) groups excluding carboxylic acids is 1. The maximum absolute atomic E-state index is 12.6. The topological polar surface area (TPSA) is 106 Å². The zero-order chi connectivity index (χ0) is 23.3. The highest BCUT2D eigenvalue weighted by molar-refractivity contribution is 6.08. The van der Waals surface area contributed by atoms with E-state index in [1.165, 1.54) is 0 Å². The molecule has 0 spiro atoms. The van der Waals surface area contributed by atoms with Gasteiger partial charge in [0, 0.05) is 22.7 Å². The molecular formula is C27H23N5O2. The Kier molecular flexibility index (Phi) is 6.01. The van der Waals surface area contributed by atoms with Crippen molar-refractivity contribution >= 4 is 22.6 Å². The van der Waals surface area contributed by atoms with Gasteiger partial charge in [-0.05, 0) is 41.5 Å². The Bertz CT molecular complexity index is 1420. The lowest BCUT2D eigenvalue weighted by Crippen LogP contribution is -2.18. The first-order chi connectivity index (χ1) is 16.7. The molecule has 0 aliphatic carbocycles. The van der Waals surface area contributed by atoms with Gasteiger partial charge in [-0.15, -0.1) is 0 Å². The van der Waals surface area contributed by atoms with E-state index >= 15 is 0 Å². The molecule has 1 atom stereocenters. The van der Waals surface area contributed by atoms with E-state index in [9.17, 15) is 4.79 Å². The van der Waals surface area contributed by atoms with Gasteiger partial charge in [0.2, 0.25) is 0 Å². The number of aromatic amines is 1. The number of carbonyl (C=O) groups is 1. The van der Waals surface area contributed by atoms with Gasteiger partial charge in [-0.25, -0.2) is 0 Å². The largest absolute Gasteiger partial charge is 0.490 e. The van der Waals surface area contributed by atoms with Gasteiger partial charge in [0.1, 0.15) is 12.4 Å². The lowest BCUT2D eigenvalue weighted by Gasteiger charge is -2.14. The van der Waals surface area contributed by atoms with Crippen molar-refractivity contribution in [1.29, 1.82) is 0 Å². The Hall–Kier alpha value is -4.49. The summed E-state index contributed by atoms with van der Waals surface area (Å²) in [4.78, 5) is 16.9. The second-order valence-electron chi connectivity index (χ2n) is 7.89. The van der Waals surface area contributed by atoms with E-state index in [1.807, 2.05) is 72.8 Å². The fraction of sp³-hybridized carbons (Fsp3) is 0.0741. The quantitative estimate of drug-likeness (QED) is 0.326. The minimum Gasteiger partial charge on any atom is -0.490 e. The molecule has 5 aromatic rings. The molecule has 0 fully saturated rings. The first-order valence-corrected chi connectivity index (χ1v) is 10.9. The molecule has 7 nitrogen and oxygen atoms in total. The molecule has 1 amide bonds. The highest BCUT2D eigenvalue weighted by Crippen LogP contribution is 2.29. The summed E-state index contributed by atoms with van der Waals surface area (Å²) in [5, 5.41) is 10.9. The number of pyridine rings is 1. The number of H-pyrrole nitrogens is 1. The van der Waals surface area contributed by atoms with Gasteiger partial charge in [0.15, 0.2) is 5.82 Å². The molecule has 0 unspecified atom stereocenters. The van der Waals surface area contributed by atoms with Crippen LogP contribution >= 0.6 is 0 Å². The average Bonchev–Trinajstić information content (AvgIpc) is 3.30. The number of ether oxygens (including phenoxy) is 1. The number of amides is 1. The summed E-state index contributed by atoms with van der Waals surface area (Å²) in [5.41, 5.74) is 10.5. The first-order valence-electron chi connectivity index (χ1n) is 10.9. The summed E-state index contributed by atoms with van der Waals surface area (Å²) in [6, 6.07) is 26.4. The molecule has 5 rings (SSSR count). The molecule has 0 saturated carbocycles. The van der Waals surface area contributed by atoms with Gasteiger partial charge in [0.05, 0.1) is 17.8 Å². The van der Waals surface area contributed by atoms with Crippen LogP contribution in [0.15, 0.2) is 97.3 Å². The van der Waals surface area contributed by atoms with E-state index in [2.05, 4.69) is 20.5 Å². The zero-order valence-corrected chi connectivity index (χ0v) is 18.3. The molecule has 34 heavy (non-hydrogen) atoms. The highest BCUT2D eigenvalue weighted by Gasteiger charge is 2.13. The minimum atomic E-state index is -0.233. The summed E-state index contributed by atoms with van der Waals surface area (Å²) in [7, 11) is 0. The third-order valence-electron chi connectivity index (χ3n) is 5.53. The Labute approximate surface area is 196 Å². The number of benzene rings is 3. The third kappa shape index (κ3) is 4.65. The number of rotatable bonds is 7. The van der Waals surface area contributed by atoms with E-state index in [0.29, 0.717) is 23.7 Å². The van der Waals surface area contributed by atoms with E-state index in [1.54, 1.807) is 24.5 Å². The number of nitrogens with two attached hydrogens (primary N) is 1. The van der Waals surface area contributed by atoms with Crippen molar-refractivity contribution in [2.24, 2.45) is 5.73 Å². The summed E-state index contributed by atoms with van der Waals surface area (Å²) in [6.45, 7) is 0.339. The number of nitrogens with one attached hydrogen (secondary N) is 2. The first kappa shape index (κ1) is 21.4. The fourth-order valence-electron chi connectivity index (χ4n) is 3.70. The maximum Gasteiger partial charge on any atom is 0.256 e. The van der Waals surface area contributed by atoms with Crippen LogP contribution in [0.3, 0.4) is 0 Å². The Morgan fingerprint density at radius 2 is 1.71 bits per heavy atom. The minimum absolute atomic E-state index is 0.216. The van der Waals surface area contributed by atoms with Crippen LogP contribution in [0.2, 0.25) is 0 Å². The van der Waals surface area contributed by atoms with E-state index in [0.717, 1.165) is 27.6 Å². The van der Waals surface area contributed by atoms with Crippen LogP contribution in [-0.2, 0) is 0 Å². The smallest absolute Gasteiger partial charge is 0.256 e. The van der Waals surface area contributed by atoms with Crippen molar-refractivity contribution in [2.45, 2.75) is 6.04 Å². The summed E-state index contributed by atoms with van der Waals surface area (Å²) >= 11 is 0. The zero-order valence-electron chi connectivity index (χ0n) is 18.3. The van der Waals surface area contributed by atoms with E-state index in [-0.39, 0.29) is 11.9 Å². The van der Waals surface area contributed by atoms with Crippen LogP contribution in [-0.4, -0.2) is 27.7 Å². The second-order valence-corrected chi connectivity index (χ2v) is 7.89. The molecule has 4 N–H and O–H groups in total. The number of fused-ring (bicyclic) bond motifs is 1. The summed E-state index contributed by atoms with van der Waals surface area (Å²) in [5.74, 6) is 0.889. The SMILES string of the molecule is N[C@@H](COc1cncc(-c2ccc3[nH]nc(NC(=O)c4ccccc4)c3c2)c1)c1ccccc1. The van der Waals surface area contributed by atoms with Crippen molar-refractivity contribution in [3.05, 3.63) is 108 Å². The molecule has 0 aliphatic rings. The molecule has 0 saturated heterocycles. The molecule has 0 aliphatic heterocycles. The fourth-order valence-corrected chi connectivity index (χ4v) is 3.70. The van der Waals surface area contributed by atoms with Crippen molar-refractivity contribution in [1.82, 2.24) is 15.2 Å². The number of hydrogen-bond acceptors (Lipinski definition) is 5. The third-order valence-corrected chi connectivity index (χ3v) is 5.53. The lowest BCUT2D eigenvalue weighted by atomic mass is 10.1. The van der Waals surface area contributed by atoms with Crippen LogP contribution < -0.4 is 15.8 Å². The normalized spacial score (nSPS) is 11.8.